The number of aromatic nitrogens is 4. The van der Waals surface area contributed by atoms with Gasteiger partial charge in [0.05, 0.1) is 31.0 Å². The Balaban J connectivity index is 1.73. The minimum atomic E-state index is -2.89. The van der Waals surface area contributed by atoms with Crippen LogP contribution >= 0.6 is 23.2 Å². The lowest BCUT2D eigenvalue weighted by molar-refractivity contribution is -0.125. The quantitative estimate of drug-likeness (QED) is 0.384. The average Bonchev–Trinajstić information content (AvgIpc) is 2.94. The van der Waals surface area contributed by atoms with Gasteiger partial charge in [0, 0.05) is 37.3 Å². The molecule has 9 nitrogen and oxygen atoms in total. The summed E-state index contributed by atoms with van der Waals surface area (Å²) in [5.74, 6) is -0.938. The average molecular weight is 589 g/mol. The molecule has 1 N–H and O–H groups in total. The van der Waals surface area contributed by atoms with Crippen LogP contribution < -0.4 is 10.2 Å². The number of halogens is 4. The van der Waals surface area contributed by atoms with E-state index in [4.69, 9.17) is 30.7 Å². The zero-order valence-electron chi connectivity index (χ0n) is 23.5. The SMILES string of the molecule is [2H]C([2H])(OC1=C(Cl)C(=C=O)N(c2cc(-c3ccnc(C(C)(C)C(=O)NC)n3)ncc2Cl)C(C)=C1)c1ncc(F)cc1F. The van der Waals surface area contributed by atoms with Gasteiger partial charge in [0.25, 0.3) is 0 Å². The summed E-state index contributed by atoms with van der Waals surface area (Å²) in [4.78, 5) is 42.4. The molecule has 3 aromatic rings. The molecular weight excluding hydrogens is 565 g/mol. The van der Waals surface area contributed by atoms with E-state index < -0.39 is 29.3 Å². The van der Waals surface area contributed by atoms with Gasteiger partial charge in [-0.25, -0.2) is 23.5 Å². The van der Waals surface area contributed by atoms with E-state index in [2.05, 4.69) is 25.3 Å². The molecular formula is C27H22Cl2F2N6O3. The maximum absolute atomic E-state index is 14.3. The Morgan fingerprint density at radius 1 is 1.20 bits per heavy atom. The van der Waals surface area contributed by atoms with E-state index in [1.165, 1.54) is 36.5 Å². The summed E-state index contributed by atoms with van der Waals surface area (Å²) in [6.45, 7) is 2.01. The summed E-state index contributed by atoms with van der Waals surface area (Å²) in [6.07, 6.45) is 4.75. The molecule has 0 aromatic carbocycles. The van der Waals surface area contributed by atoms with Crippen LogP contribution in [0.2, 0.25) is 5.02 Å². The molecule has 4 rings (SSSR count). The molecule has 1 aliphatic rings. The molecule has 0 fully saturated rings. The van der Waals surface area contributed by atoms with Crippen molar-refractivity contribution >= 4 is 40.7 Å². The molecule has 1 aliphatic heterocycles. The number of hydrogen-bond donors (Lipinski definition) is 1. The number of ether oxygens (including phenoxy) is 1. The highest BCUT2D eigenvalue weighted by Gasteiger charge is 2.33. The number of nitrogens with one attached hydrogen (secondary N) is 1. The van der Waals surface area contributed by atoms with Crippen molar-refractivity contribution in [1.82, 2.24) is 25.3 Å². The fourth-order valence-corrected chi connectivity index (χ4v) is 4.14. The molecule has 4 heterocycles. The summed E-state index contributed by atoms with van der Waals surface area (Å²) < 4.78 is 49.2. The fourth-order valence-electron chi connectivity index (χ4n) is 3.73. The monoisotopic (exact) mass is 588 g/mol. The number of hydrogen-bond acceptors (Lipinski definition) is 8. The van der Waals surface area contributed by atoms with E-state index in [-0.39, 0.29) is 38.9 Å². The van der Waals surface area contributed by atoms with Crippen LogP contribution in [0, 0.1) is 11.6 Å². The van der Waals surface area contributed by atoms with Crippen LogP contribution in [0.3, 0.4) is 0 Å². The highest BCUT2D eigenvalue weighted by molar-refractivity contribution is 6.35. The third-order valence-corrected chi connectivity index (χ3v) is 6.51. The van der Waals surface area contributed by atoms with Crippen LogP contribution in [0.5, 0.6) is 0 Å². The van der Waals surface area contributed by atoms with Crippen molar-refractivity contribution in [1.29, 1.82) is 0 Å². The van der Waals surface area contributed by atoms with Crippen molar-refractivity contribution in [3.63, 3.8) is 0 Å². The predicted molar refractivity (Wildman–Crippen MR) is 145 cm³/mol. The molecule has 0 aliphatic carbocycles. The minimum absolute atomic E-state index is 0.112. The van der Waals surface area contributed by atoms with Gasteiger partial charge in [-0.15, -0.1) is 0 Å². The number of carbonyl (C=O) groups is 1. The summed E-state index contributed by atoms with van der Waals surface area (Å²) in [6, 6.07) is 3.58. The Labute approximate surface area is 241 Å². The first-order valence-electron chi connectivity index (χ1n) is 12.6. The van der Waals surface area contributed by atoms with Crippen molar-refractivity contribution in [2.24, 2.45) is 0 Å². The normalized spacial score (nSPS) is 14.8. The minimum Gasteiger partial charge on any atom is -0.485 e. The first-order valence-corrected chi connectivity index (χ1v) is 12.3. The van der Waals surface area contributed by atoms with Crippen LogP contribution in [-0.2, 0) is 26.3 Å². The van der Waals surface area contributed by atoms with E-state index in [1.54, 1.807) is 32.8 Å². The Kier molecular flexibility index (Phi) is 7.50. The van der Waals surface area contributed by atoms with Crippen LogP contribution in [0.1, 0.15) is 35.0 Å². The van der Waals surface area contributed by atoms with Gasteiger partial charge in [0.1, 0.15) is 40.1 Å². The molecule has 13 heteroatoms. The predicted octanol–water partition coefficient (Wildman–Crippen LogP) is 5.00. The molecule has 0 saturated carbocycles. The number of carbonyl (C=O) groups excluding carboxylic acids is 2. The van der Waals surface area contributed by atoms with Crippen molar-refractivity contribution in [3.05, 3.63) is 93.2 Å². The van der Waals surface area contributed by atoms with E-state index in [1.807, 2.05) is 0 Å². The first-order chi connectivity index (χ1) is 19.7. The van der Waals surface area contributed by atoms with Gasteiger partial charge in [0.2, 0.25) is 5.91 Å². The molecule has 0 bridgehead atoms. The highest BCUT2D eigenvalue weighted by atomic mass is 35.5. The van der Waals surface area contributed by atoms with Gasteiger partial charge in [0.15, 0.2) is 17.5 Å². The molecule has 0 atom stereocenters. The van der Waals surface area contributed by atoms with Gasteiger partial charge >= 0.3 is 0 Å². The van der Waals surface area contributed by atoms with E-state index in [0.717, 1.165) is 0 Å². The van der Waals surface area contributed by atoms with E-state index in [9.17, 15) is 18.4 Å². The van der Waals surface area contributed by atoms with Gasteiger partial charge in [-0.3, -0.25) is 14.8 Å². The van der Waals surface area contributed by atoms with Crippen LogP contribution in [0.15, 0.2) is 65.1 Å². The second-order valence-corrected chi connectivity index (χ2v) is 9.71. The molecule has 206 valence electrons. The van der Waals surface area contributed by atoms with Gasteiger partial charge in [-0.05, 0) is 32.9 Å². The number of amides is 1. The second kappa shape index (κ2) is 11.5. The number of nitrogens with zero attached hydrogens (tertiary/aromatic N) is 5. The zero-order valence-corrected chi connectivity index (χ0v) is 23.0. The highest BCUT2D eigenvalue weighted by Crippen LogP contribution is 2.40. The zero-order chi connectivity index (χ0) is 31.0. The molecule has 0 spiro atoms. The number of allylic oxidation sites excluding steroid dienone is 3. The molecule has 0 saturated heterocycles. The molecule has 0 unspecified atom stereocenters. The topological polar surface area (TPSA) is 110 Å². The number of likely N-dealkylation sites (N-methyl/N-ethyl adjacent to an activating group) is 1. The van der Waals surface area contributed by atoms with Crippen molar-refractivity contribution < 1.29 is 25.8 Å². The maximum atomic E-state index is 14.3. The van der Waals surface area contributed by atoms with Crippen molar-refractivity contribution in [2.45, 2.75) is 32.7 Å². The van der Waals surface area contributed by atoms with Crippen LogP contribution in [0.25, 0.3) is 11.4 Å². The largest absolute Gasteiger partial charge is 0.485 e. The third-order valence-electron chi connectivity index (χ3n) is 5.85. The Morgan fingerprint density at radius 2 is 1.95 bits per heavy atom. The Morgan fingerprint density at radius 3 is 2.62 bits per heavy atom. The molecule has 40 heavy (non-hydrogen) atoms. The van der Waals surface area contributed by atoms with Crippen molar-refractivity contribution in [3.8, 4) is 11.4 Å². The smallest absolute Gasteiger partial charge is 0.233 e. The van der Waals surface area contributed by atoms with E-state index >= 15 is 0 Å². The van der Waals surface area contributed by atoms with Crippen LogP contribution in [0.4, 0.5) is 14.5 Å². The van der Waals surface area contributed by atoms with E-state index in [0.29, 0.717) is 29.3 Å². The third kappa shape index (κ3) is 5.58. The van der Waals surface area contributed by atoms with Gasteiger partial charge in [-0.2, -0.15) is 0 Å². The maximum Gasteiger partial charge on any atom is 0.233 e. The second-order valence-electron chi connectivity index (χ2n) is 8.93. The Hall–Kier alpha value is -4.18. The molecule has 0 radical (unpaired) electrons. The summed E-state index contributed by atoms with van der Waals surface area (Å²) in [5.41, 5.74) is -0.955. The molecule has 3 aromatic heterocycles. The number of anilines is 1. The lowest BCUT2D eigenvalue weighted by atomic mass is 9.91. The Bertz CT molecular complexity index is 1710. The lowest BCUT2D eigenvalue weighted by Gasteiger charge is -2.30. The summed E-state index contributed by atoms with van der Waals surface area (Å²) in [5, 5.41) is 2.33. The van der Waals surface area contributed by atoms with Gasteiger partial charge in [-0.1, -0.05) is 23.2 Å². The molecule has 1 amide bonds. The fraction of sp³-hybridized carbons (Fsp3) is 0.222. The standard InChI is InChI=1S/C27H22Cl2F2N6O3/c1-14-7-23(40-13-20-17(31)8-15(30)10-34-20)24(29)22(12-38)37(14)21-9-19(35-11-16(21)28)18-5-6-33-25(36-18)27(2,3)26(39)32-4/h5-11H,13H2,1-4H3,(H,32,39)/i13D2. The van der Waals surface area contributed by atoms with Crippen molar-refractivity contribution in [2.75, 3.05) is 11.9 Å². The first kappa shape index (κ1) is 26.1. The van der Waals surface area contributed by atoms with Crippen LogP contribution in [-0.4, -0.2) is 38.8 Å². The van der Waals surface area contributed by atoms with Gasteiger partial charge < -0.3 is 15.0 Å². The summed E-state index contributed by atoms with van der Waals surface area (Å²) in [7, 11) is 1.51. The number of pyridine rings is 2. The summed E-state index contributed by atoms with van der Waals surface area (Å²) >= 11 is 12.9. The lowest BCUT2D eigenvalue weighted by Crippen LogP contribution is -2.39. The number of rotatable bonds is 7.